The molecule has 15 heavy (non-hydrogen) atoms. The number of aromatic amines is 1. The summed E-state index contributed by atoms with van der Waals surface area (Å²) in [5.41, 5.74) is 0.642. The Labute approximate surface area is 90.5 Å². The van der Waals surface area contributed by atoms with Gasteiger partial charge >= 0.3 is 0 Å². The summed E-state index contributed by atoms with van der Waals surface area (Å²) < 4.78 is 0. The molecule has 0 saturated heterocycles. The number of hydrogen-bond acceptors (Lipinski definition) is 2. The predicted octanol–water partition coefficient (Wildman–Crippen LogP) is 3.41. The summed E-state index contributed by atoms with van der Waals surface area (Å²) in [7, 11) is 0. The Hall–Kier alpha value is -1.38. The van der Waals surface area contributed by atoms with Crippen molar-refractivity contribution >= 4 is 6.08 Å². The van der Waals surface area contributed by atoms with Crippen LogP contribution in [0.5, 0.6) is 11.8 Å². The second kappa shape index (κ2) is 6.17. The summed E-state index contributed by atoms with van der Waals surface area (Å²) in [4.78, 5) is 2.43. The van der Waals surface area contributed by atoms with Crippen LogP contribution in [0.25, 0.3) is 6.08 Å². The maximum atomic E-state index is 9.31. The number of nitrogens with one attached hydrogen (secondary N) is 1. The summed E-state index contributed by atoms with van der Waals surface area (Å²) >= 11 is 0. The third-order valence-electron chi connectivity index (χ3n) is 2.33. The molecule has 1 aromatic heterocycles. The highest BCUT2D eigenvalue weighted by Gasteiger charge is 2.01. The Kier molecular flexibility index (Phi) is 4.81. The summed E-state index contributed by atoms with van der Waals surface area (Å²) in [6.07, 6.45) is 9.84. The third kappa shape index (κ3) is 4.11. The van der Waals surface area contributed by atoms with E-state index in [9.17, 15) is 5.11 Å². The molecule has 0 bridgehead atoms. The van der Waals surface area contributed by atoms with E-state index in [4.69, 9.17) is 5.11 Å². The predicted molar refractivity (Wildman–Crippen MR) is 61.9 cm³/mol. The topological polar surface area (TPSA) is 56.2 Å². The van der Waals surface area contributed by atoms with Crippen LogP contribution >= 0.6 is 0 Å². The molecule has 84 valence electrons. The highest BCUT2D eigenvalue weighted by Crippen LogP contribution is 2.22. The standard InChI is InChI=1S/C12H19NO2/c1-2-3-4-5-6-7-8-10-9-11(14)13-12(10)15/h7-9,13-15H,2-6H2,1H3. The van der Waals surface area contributed by atoms with Crippen LogP contribution in [-0.2, 0) is 0 Å². The monoisotopic (exact) mass is 209 g/mol. The first-order chi connectivity index (χ1) is 7.24. The van der Waals surface area contributed by atoms with Crippen molar-refractivity contribution in [1.29, 1.82) is 0 Å². The van der Waals surface area contributed by atoms with Crippen molar-refractivity contribution in [3.8, 4) is 11.8 Å². The number of aromatic nitrogens is 1. The highest BCUT2D eigenvalue weighted by atomic mass is 16.3. The van der Waals surface area contributed by atoms with Gasteiger partial charge in [-0.15, -0.1) is 0 Å². The van der Waals surface area contributed by atoms with Gasteiger partial charge in [-0.25, -0.2) is 0 Å². The van der Waals surface area contributed by atoms with Gasteiger partial charge in [0.05, 0.1) is 0 Å². The largest absolute Gasteiger partial charge is 0.494 e. The lowest BCUT2D eigenvalue weighted by Crippen LogP contribution is -1.73. The van der Waals surface area contributed by atoms with Gasteiger partial charge in [-0.05, 0) is 12.8 Å². The number of aromatic hydroxyl groups is 2. The molecule has 0 spiro atoms. The molecule has 0 aliphatic carbocycles. The van der Waals surface area contributed by atoms with Crippen molar-refractivity contribution in [3.63, 3.8) is 0 Å². The zero-order valence-corrected chi connectivity index (χ0v) is 9.16. The molecule has 0 radical (unpaired) electrons. The minimum absolute atomic E-state index is 0.00173. The van der Waals surface area contributed by atoms with Crippen molar-refractivity contribution in [2.45, 2.75) is 39.0 Å². The number of rotatable bonds is 6. The lowest BCUT2D eigenvalue weighted by Gasteiger charge is -1.94. The molecular formula is C12H19NO2. The Morgan fingerprint density at radius 1 is 1.27 bits per heavy atom. The van der Waals surface area contributed by atoms with Gasteiger partial charge in [0.1, 0.15) is 0 Å². The smallest absolute Gasteiger partial charge is 0.198 e. The van der Waals surface area contributed by atoms with Gasteiger partial charge in [-0.2, -0.15) is 0 Å². The molecule has 0 atom stereocenters. The second-order valence-corrected chi connectivity index (χ2v) is 3.71. The molecule has 1 heterocycles. The van der Waals surface area contributed by atoms with Gasteiger partial charge in [0.25, 0.3) is 0 Å². The fourth-order valence-electron chi connectivity index (χ4n) is 1.47. The normalized spacial score (nSPS) is 11.3. The molecule has 1 aromatic rings. The number of unbranched alkanes of at least 4 members (excludes halogenated alkanes) is 4. The van der Waals surface area contributed by atoms with Gasteiger partial charge in [-0.1, -0.05) is 38.3 Å². The fourth-order valence-corrected chi connectivity index (χ4v) is 1.47. The lowest BCUT2D eigenvalue weighted by atomic mass is 10.1. The summed E-state index contributed by atoms with van der Waals surface area (Å²) in [6.45, 7) is 2.19. The SMILES string of the molecule is CCCCCCC=Cc1cc(O)[nH]c1O. The van der Waals surface area contributed by atoms with E-state index in [0.29, 0.717) is 5.56 Å². The molecule has 0 amide bonds. The zero-order valence-electron chi connectivity index (χ0n) is 9.16. The molecular weight excluding hydrogens is 190 g/mol. The maximum Gasteiger partial charge on any atom is 0.198 e. The molecule has 3 heteroatoms. The Morgan fingerprint density at radius 3 is 2.67 bits per heavy atom. The number of hydrogen-bond donors (Lipinski definition) is 3. The van der Waals surface area contributed by atoms with Crippen LogP contribution in [0.15, 0.2) is 12.1 Å². The minimum Gasteiger partial charge on any atom is -0.494 e. The van der Waals surface area contributed by atoms with E-state index in [2.05, 4.69) is 11.9 Å². The first-order valence-electron chi connectivity index (χ1n) is 5.51. The summed E-state index contributed by atoms with van der Waals surface area (Å²) in [5.74, 6) is 0.0236. The van der Waals surface area contributed by atoms with Crippen molar-refractivity contribution in [3.05, 3.63) is 17.7 Å². The molecule has 0 aromatic carbocycles. The molecule has 3 N–H and O–H groups in total. The van der Waals surface area contributed by atoms with Crippen LogP contribution in [0.1, 0.15) is 44.6 Å². The van der Waals surface area contributed by atoms with Gasteiger partial charge < -0.3 is 10.2 Å². The average Bonchev–Trinajstić information content (AvgIpc) is 2.51. The summed E-state index contributed by atoms with van der Waals surface area (Å²) in [6, 6.07) is 1.51. The van der Waals surface area contributed by atoms with Gasteiger partial charge in [-0.3, -0.25) is 4.98 Å². The molecule has 0 fully saturated rings. The Morgan fingerprint density at radius 2 is 2.07 bits per heavy atom. The van der Waals surface area contributed by atoms with Crippen LogP contribution in [0, 0.1) is 0 Å². The van der Waals surface area contributed by atoms with E-state index < -0.39 is 0 Å². The van der Waals surface area contributed by atoms with Crippen molar-refractivity contribution in [2.24, 2.45) is 0 Å². The highest BCUT2D eigenvalue weighted by molar-refractivity contribution is 5.56. The number of allylic oxidation sites excluding steroid dienone is 1. The zero-order chi connectivity index (χ0) is 11.1. The third-order valence-corrected chi connectivity index (χ3v) is 2.33. The van der Waals surface area contributed by atoms with Crippen LogP contribution < -0.4 is 0 Å². The molecule has 1 rings (SSSR count). The lowest BCUT2D eigenvalue weighted by molar-refractivity contribution is 0.425. The molecule has 0 aliphatic heterocycles. The van der Waals surface area contributed by atoms with Crippen molar-refractivity contribution in [2.75, 3.05) is 0 Å². The fraction of sp³-hybridized carbons (Fsp3) is 0.500. The van der Waals surface area contributed by atoms with Gasteiger partial charge in [0.2, 0.25) is 0 Å². The van der Waals surface area contributed by atoms with E-state index in [1.54, 1.807) is 0 Å². The van der Waals surface area contributed by atoms with Crippen molar-refractivity contribution < 1.29 is 10.2 Å². The molecule has 0 aliphatic rings. The maximum absolute atomic E-state index is 9.31. The average molecular weight is 209 g/mol. The quantitative estimate of drug-likeness (QED) is 0.629. The first-order valence-corrected chi connectivity index (χ1v) is 5.51. The molecule has 0 saturated carbocycles. The first kappa shape index (κ1) is 11.7. The second-order valence-electron chi connectivity index (χ2n) is 3.71. The minimum atomic E-state index is -0.00173. The van der Waals surface area contributed by atoms with E-state index in [1.165, 1.54) is 31.7 Å². The van der Waals surface area contributed by atoms with Gasteiger partial charge in [0.15, 0.2) is 11.8 Å². The Bertz CT molecular complexity index is 315. The Balaban J connectivity index is 2.28. The molecule has 0 unspecified atom stereocenters. The van der Waals surface area contributed by atoms with E-state index in [1.807, 2.05) is 12.2 Å². The van der Waals surface area contributed by atoms with Crippen LogP contribution in [0.2, 0.25) is 0 Å². The van der Waals surface area contributed by atoms with Crippen molar-refractivity contribution in [1.82, 2.24) is 4.98 Å². The van der Waals surface area contributed by atoms with E-state index >= 15 is 0 Å². The number of H-pyrrole nitrogens is 1. The van der Waals surface area contributed by atoms with Gasteiger partial charge in [0, 0.05) is 11.6 Å². The summed E-state index contributed by atoms with van der Waals surface area (Å²) in [5, 5.41) is 18.4. The van der Waals surface area contributed by atoms with Crippen LogP contribution in [0.4, 0.5) is 0 Å². The van der Waals surface area contributed by atoms with Crippen LogP contribution in [-0.4, -0.2) is 15.2 Å². The van der Waals surface area contributed by atoms with E-state index in [0.717, 1.165) is 6.42 Å². The van der Waals surface area contributed by atoms with Crippen LogP contribution in [0.3, 0.4) is 0 Å². The van der Waals surface area contributed by atoms with E-state index in [-0.39, 0.29) is 11.8 Å². The molecule has 3 nitrogen and oxygen atoms in total.